The number of halogens is 6. The maximum Gasteiger partial charge on any atom is 0.509 e. The Morgan fingerprint density at radius 2 is 0.902 bits per heavy atom. The van der Waals surface area contributed by atoms with E-state index in [1.54, 1.807) is 27.7 Å². The van der Waals surface area contributed by atoms with Crippen LogP contribution in [0.1, 0.15) is 131 Å². The number of hydrogen-bond donors (Lipinski definition) is 2. The highest BCUT2D eigenvalue weighted by Crippen LogP contribution is 2.74. The van der Waals surface area contributed by atoms with Crippen LogP contribution in [0.3, 0.4) is 0 Å². The van der Waals surface area contributed by atoms with Crippen LogP contribution in [0.4, 0.5) is 35.9 Å². The number of carbonyl (C=O) groups excluding carboxylic acids is 6. The highest BCUT2D eigenvalue weighted by atomic mass is 19.2. The average Bonchev–Trinajstić information content (AvgIpc) is 1.44. The molecule has 0 saturated heterocycles. The van der Waals surface area contributed by atoms with Crippen molar-refractivity contribution >= 4 is 35.8 Å². The van der Waals surface area contributed by atoms with Gasteiger partial charge >= 0.3 is 24.2 Å². The molecule has 0 aromatic heterocycles. The SMILES string of the molecule is CO[C@@H]1CCCC[C@H]1OC(=O)O[C@]1(C(=O)OCF)[C@H](C)C[C@H]2[C@@H]3C[C@H](F)C4=CC(=O)C=C[C@]4(C)[C@@]3(F)[C@@H](O)C[C@@]21C.CO[C@H]1CCCC[C@@H]1OC(=O)O[C@]1(C(=O)OCF)[C@H](C)C[C@H]2[C@@H]3C[C@H](F)C4=CC(=O)C=C[C@]4(C)[C@@]3(F)[C@@H](O)C[C@@]21C. The second-order valence-electron chi connectivity index (χ2n) is 25.7. The molecule has 10 aliphatic rings. The van der Waals surface area contributed by atoms with Crippen LogP contribution in [0.2, 0.25) is 0 Å². The summed E-state index contributed by atoms with van der Waals surface area (Å²) in [4.78, 5) is 77.9. The maximum absolute atomic E-state index is 17.5. The molecule has 8 fully saturated rings. The Kier molecular flexibility index (Phi) is 16.7. The van der Waals surface area contributed by atoms with E-state index >= 15 is 17.6 Å². The summed E-state index contributed by atoms with van der Waals surface area (Å²) < 4.78 is 137. The zero-order valence-corrected chi connectivity index (χ0v) is 47.7. The first-order chi connectivity index (χ1) is 38.6. The summed E-state index contributed by atoms with van der Waals surface area (Å²) in [7, 11) is 3.02. The van der Waals surface area contributed by atoms with Crippen LogP contribution in [0.5, 0.6) is 0 Å². The van der Waals surface area contributed by atoms with Crippen molar-refractivity contribution in [2.75, 3.05) is 27.9 Å². The minimum Gasteiger partial charge on any atom is -0.431 e. The van der Waals surface area contributed by atoms with Gasteiger partial charge in [0.15, 0.2) is 22.9 Å². The van der Waals surface area contributed by atoms with Crippen LogP contribution >= 0.6 is 0 Å². The zero-order chi connectivity index (χ0) is 59.9. The summed E-state index contributed by atoms with van der Waals surface area (Å²) >= 11 is 0. The second kappa shape index (κ2) is 22.2. The van der Waals surface area contributed by atoms with Gasteiger partial charge in [-0.15, -0.1) is 0 Å². The number of aliphatic hydroxyl groups is 2. The third-order valence-electron chi connectivity index (χ3n) is 22.2. The van der Waals surface area contributed by atoms with Gasteiger partial charge in [0.1, 0.15) is 24.6 Å². The summed E-state index contributed by atoms with van der Waals surface area (Å²) in [6.07, 6.45) is 0.638. The van der Waals surface area contributed by atoms with E-state index in [1.807, 2.05) is 0 Å². The number of hydrogen-bond acceptors (Lipinski definition) is 16. The smallest absolute Gasteiger partial charge is 0.431 e. The number of ketones is 2. The standard InChI is InChI=1S/2C30H39F3O8/c2*1-16-11-18-19-13-21(32)20-12-17(34)9-10-27(20,2)29(19,33)24(35)14-28(18,3)30(16,25(36)39-15-31)41-26(37)40-23-8-6-5-7-22(23)38-4/h2*9-10,12,16,18-19,21-24,35H,5-8,11,13-15H2,1-4H3/t16-,18+,19+,21+,22+,23+,24+,27+,28+,29+,30+;16-,18+,19+,21+,22-,23-,24+,27+,28+,29+,30+/m11/s1. The largest absolute Gasteiger partial charge is 0.509 e. The summed E-state index contributed by atoms with van der Waals surface area (Å²) in [6.45, 7) is 6.35. The lowest BCUT2D eigenvalue weighted by molar-refractivity contribution is -0.236. The third-order valence-corrected chi connectivity index (χ3v) is 22.2. The number of rotatable bonds is 10. The molecule has 0 amide bonds. The molecule has 0 aromatic carbocycles. The molecule has 456 valence electrons. The molecule has 22 heteroatoms. The molecule has 10 rings (SSSR count). The van der Waals surface area contributed by atoms with Gasteiger partial charge < -0.3 is 48.1 Å². The van der Waals surface area contributed by atoms with Crippen molar-refractivity contribution in [3.63, 3.8) is 0 Å². The summed E-state index contributed by atoms with van der Waals surface area (Å²) in [5.41, 5.74) is -15.3. The molecule has 0 bridgehead atoms. The molecule has 16 nitrogen and oxygen atoms in total. The van der Waals surface area contributed by atoms with E-state index in [0.717, 1.165) is 37.8 Å². The van der Waals surface area contributed by atoms with Crippen LogP contribution in [0.15, 0.2) is 47.6 Å². The number of esters is 2. The first kappa shape index (κ1) is 61.8. The van der Waals surface area contributed by atoms with E-state index in [4.69, 9.17) is 37.9 Å². The minimum absolute atomic E-state index is 0.0273. The first-order valence-electron chi connectivity index (χ1n) is 28.8. The van der Waals surface area contributed by atoms with Crippen LogP contribution < -0.4 is 0 Å². The van der Waals surface area contributed by atoms with Crippen molar-refractivity contribution < 1.29 is 103 Å². The van der Waals surface area contributed by atoms with Crippen molar-refractivity contribution in [2.24, 2.45) is 57.2 Å². The van der Waals surface area contributed by atoms with Crippen molar-refractivity contribution in [1.29, 1.82) is 0 Å². The molecule has 2 N–H and O–H groups in total. The van der Waals surface area contributed by atoms with E-state index in [0.29, 0.717) is 25.7 Å². The van der Waals surface area contributed by atoms with Gasteiger partial charge in [-0.3, -0.25) is 9.59 Å². The topological polar surface area (TPSA) is 217 Å². The fourth-order valence-corrected chi connectivity index (χ4v) is 18.2. The highest BCUT2D eigenvalue weighted by molar-refractivity contribution is 6.02. The lowest BCUT2D eigenvalue weighted by Crippen LogP contribution is -2.71. The number of alkyl halides is 6. The maximum atomic E-state index is 17.5. The van der Waals surface area contributed by atoms with Gasteiger partial charge in [-0.25, -0.2) is 45.5 Å². The monoisotopic (exact) mass is 1170 g/mol. The summed E-state index contributed by atoms with van der Waals surface area (Å²) in [5, 5.41) is 23.1. The molecule has 0 aliphatic heterocycles. The zero-order valence-electron chi connectivity index (χ0n) is 47.7. The summed E-state index contributed by atoms with van der Waals surface area (Å²) in [6, 6.07) is 0. The van der Waals surface area contributed by atoms with Crippen LogP contribution in [0, 0.1) is 57.2 Å². The predicted octanol–water partition coefficient (Wildman–Crippen LogP) is 9.74. The van der Waals surface area contributed by atoms with Gasteiger partial charge in [-0.05, 0) is 138 Å². The molecular weight excluding hydrogens is 1090 g/mol. The number of aliphatic hydroxyl groups excluding tert-OH is 2. The van der Waals surface area contributed by atoms with Gasteiger partial charge in [-0.2, -0.15) is 0 Å². The fraction of sp³-hybridized carbons (Fsp3) is 0.767. The molecule has 8 saturated carbocycles. The molecule has 82 heavy (non-hydrogen) atoms. The normalized spacial score (nSPS) is 47.0. The van der Waals surface area contributed by atoms with Gasteiger partial charge in [0.25, 0.3) is 0 Å². The lowest BCUT2D eigenvalue weighted by atomic mass is 9.44. The number of methoxy groups -OCH3 is 2. The number of ether oxygens (including phenoxy) is 8. The number of allylic oxidation sites excluding steroid dienone is 8. The molecule has 10 aliphatic carbocycles. The summed E-state index contributed by atoms with van der Waals surface area (Å²) in [5.74, 6) is -8.64. The van der Waals surface area contributed by atoms with Gasteiger partial charge in [0.2, 0.25) is 24.9 Å². The Morgan fingerprint density at radius 3 is 1.23 bits per heavy atom. The molecular formula is C60H78F6O16. The first-order valence-corrected chi connectivity index (χ1v) is 28.8. The van der Waals surface area contributed by atoms with Crippen molar-refractivity contribution in [2.45, 2.75) is 203 Å². The highest BCUT2D eigenvalue weighted by Gasteiger charge is 2.81. The Labute approximate surface area is 473 Å². The van der Waals surface area contributed by atoms with Crippen molar-refractivity contribution in [3.05, 3.63) is 47.6 Å². The quantitative estimate of drug-likeness (QED) is 0.118. The Hall–Kier alpha value is -4.80. The predicted molar refractivity (Wildman–Crippen MR) is 277 cm³/mol. The second-order valence-corrected chi connectivity index (χ2v) is 25.7. The van der Waals surface area contributed by atoms with E-state index in [2.05, 4.69) is 0 Å². The van der Waals surface area contributed by atoms with E-state index in [1.165, 1.54) is 52.4 Å². The van der Waals surface area contributed by atoms with Crippen LogP contribution in [-0.4, -0.2) is 145 Å². The lowest BCUT2D eigenvalue weighted by Gasteiger charge is -2.62. The molecule has 0 aromatic rings. The third kappa shape index (κ3) is 8.94. The fourth-order valence-electron chi connectivity index (χ4n) is 18.2. The van der Waals surface area contributed by atoms with Crippen LogP contribution in [-0.2, 0) is 57.1 Å². The molecule has 0 unspecified atom stereocenters. The van der Waals surface area contributed by atoms with Crippen LogP contribution in [0.25, 0.3) is 0 Å². The van der Waals surface area contributed by atoms with E-state index < -0.39 is 166 Å². The van der Waals surface area contributed by atoms with Gasteiger partial charge in [0, 0.05) is 59.6 Å². The number of fused-ring (bicyclic) bond motifs is 10. The minimum atomic E-state index is -2.39. The molecule has 22 atom stereocenters. The van der Waals surface area contributed by atoms with E-state index in [9.17, 15) is 47.8 Å². The molecule has 0 heterocycles. The van der Waals surface area contributed by atoms with E-state index in [-0.39, 0.29) is 61.9 Å². The van der Waals surface area contributed by atoms with Gasteiger partial charge in [0.05, 0.1) is 24.4 Å². The Balaban J connectivity index is 0.000000198. The van der Waals surface area contributed by atoms with Crippen molar-refractivity contribution in [1.82, 2.24) is 0 Å². The molecule has 0 spiro atoms. The Morgan fingerprint density at radius 1 is 0.561 bits per heavy atom. The average molecular weight is 1170 g/mol. The van der Waals surface area contributed by atoms with Crippen molar-refractivity contribution in [3.8, 4) is 0 Å². The number of carbonyl (C=O) groups is 6. The van der Waals surface area contributed by atoms with Gasteiger partial charge in [-0.1, -0.05) is 52.7 Å². The molecule has 0 radical (unpaired) electrons. The Bertz CT molecular complexity index is 2490.